The van der Waals surface area contributed by atoms with Gasteiger partial charge in [-0.1, -0.05) is 28.8 Å². The Labute approximate surface area is 154 Å². The molecule has 3 rings (SSSR count). The Balaban J connectivity index is 1.71. The van der Waals surface area contributed by atoms with Crippen LogP contribution >= 0.6 is 27.5 Å². The van der Waals surface area contributed by atoms with Crippen LogP contribution < -0.4 is 5.32 Å². The third-order valence-corrected chi connectivity index (χ3v) is 4.20. The van der Waals surface area contributed by atoms with Crippen LogP contribution in [0.4, 0.5) is 11.5 Å². The maximum absolute atomic E-state index is 12.2. The average Bonchev–Trinajstić information content (AvgIpc) is 3.14. The maximum Gasteiger partial charge on any atom is 0.357 e. The number of H-pyrrole nitrogens is 1. The predicted octanol–water partition coefficient (Wildman–Crippen LogP) is 3.23. The predicted molar refractivity (Wildman–Crippen MR) is 93.7 cm³/mol. The highest BCUT2D eigenvalue weighted by Crippen LogP contribution is 2.26. The van der Waals surface area contributed by atoms with E-state index < -0.39 is 10.8 Å². The van der Waals surface area contributed by atoms with Gasteiger partial charge in [0.25, 0.3) is 5.91 Å². The molecule has 0 saturated heterocycles. The number of carbonyl (C=O) groups excluding carboxylic acids is 1. The van der Waals surface area contributed by atoms with Crippen molar-refractivity contribution in [2.75, 3.05) is 5.32 Å². The van der Waals surface area contributed by atoms with E-state index in [9.17, 15) is 14.9 Å². The number of hydrogen-bond donors (Lipinski definition) is 2. The van der Waals surface area contributed by atoms with Crippen molar-refractivity contribution in [2.24, 2.45) is 0 Å². The second-order valence-electron chi connectivity index (χ2n) is 5.00. The molecule has 9 nitrogen and oxygen atoms in total. The zero-order valence-corrected chi connectivity index (χ0v) is 14.8. The number of aromatic amines is 1. The van der Waals surface area contributed by atoms with Gasteiger partial charge in [0, 0.05) is 11.2 Å². The minimum Gasteiger partial charge on any atom is -0.358 e. The lowest BCUT2D eigenvalue weighted by molar-refractivity contribution is -0.390. The third-order valence-electron chi connectivity index (χ3n) is 3.21. The van der Waals surface area contributed by atoms with Gasteiger partial charge in [-0.25, -0.2) is 0 Å². The summed E-state index contributed by atoms with van der Waals surface area (Å²) in [6.45, 7) is 0.480. The van der Waals surface area contributed by atoms with Crippen LogP contribution in [0.25, 0.3) is 0 Å². The van der Waals surface area contributed by atoms with E-state index in [1.807, 2.05) is 18.2 Å². The molecule has 3 aromatic rings. The summed E-state index contributed by atoms with van der Waals surface area (Å²) in [6, 6.07) is 7.35. The van der Waals surface area contributed by atoms with Gasteiger partial charge < -0.3 is 15.4 Å². The fourth-order valence-electron chi connectivity index (χ4n) is 2.12. The highest BCUT2D eigenvalue weighted by molar-refractivity contribution is 9.10. The zero-order valence-electron chi connectivity index (χ0n) is 12.4. The van der Waals surface area contributed by atoms with Crippen LogP contribution in [0.3, 0.4) is 0 Å². The van der Waals surface area contributed by atoms with E-state index >= 15 is 0 Å². The second kappa shape index (κ2) is 7.03. The van der Waals surface area contributed by atoms with E-state index in [0.717, 1.165) is 5.56 Å². The van der Waals surface area contributed by atoms with Crippen LogP contribution in [0.15, 0.2) is 41.1 Å². The van der Waals surface area contributed by atoms with Gasteiger partial charge in [-0.2, -0.15) is 5.10 Å². The lowest BCUT2D eigenvalue weighted by atomic mass is 10.2. The average molecular weight is 426 g/mol. The SMILES string of the molecule is O=C(Nc1cnn(Cc2cccc(Cl)c2)c1)c1n[nH]c([N+](=O)[O-])c1Br. The molecular weight excluding hydrogens is 416 g/mol. The minimum absolute atomic E-state index is 0.0127. The Morgan fingerprint density at radius 2 is 2.28 bits per heavy atom. The number of carbonyl (C=O) groups is 1. The zero-order chi connectivity index (χ0) is 18.0. The number of hydrogen-bond acceptors (Lipinski definition) is 5. The van der Waals surface area contributed by atoms with E-state index in [0.29, 0.717) is 17.3 Å². The Bertz CT molecular complexity index is 954. The van der Waals surface area contributed by atoms with Gasteiger partial charge in [-0.15, -0.1) is 5.10 Å². The molecule has 0 unspecified atom stereocenters. The number of nitro groups is 1. The first-order valence-corrected chi connectivity index (χ1v) is 8.07. The summed E-state index contributed by atoms with van der Waals surface area (Å²) < 4.78 is 1.62. The van der Waals surface area contributed by atoms with Crippen LogP contribution in [0.1, 0.15) is 16.1 Å². The highest BCUT2D eigenvalue weighted by atomic mass is 79.9. The van der Waals surface area contributed by atoms with Crippen LogP contribution in [0.2, 0.25) is 5.02 Å². The van der Waals surface area contributed by atoms with Gasteiger partial charge in [0.15, 0.2) is 5.69 Å². The number of anilines is 1. The van der Waals surface area contributed by atoms with E-state index in [1.54, 1.807) is 16.9 Å². The summed E-state index contributed by atoms with van der Waals surface area (Å²) >= 11 is 8.94. The summed E-state index contributed by atoms with van der Waals surface area (Å²) in [6.07, 6.45) is 3.10. The molecule has 2 heterocycles. The van der Waals surface area contributed by atoms with Crippen molar-refractivity contribution in [1.82, 2.24) is 20.0 Å². The molecule has 2 N–H and O–H groups in total. The fourth-order valence-corrected chi connectivity index (χ4v) is 2.83. The summed E-state index contributed by atoms with van der Waals surface area (Å²) in [7, 11) is 0. The molecule has 2 aromatic heterocycles. The van der Waals surface area contributed by atoms with Crippen molar-refractivity contribution < 1.29 is 9.72 Å². The van der Waals surface area contributed by atoms with Gasteiger partial charge >= 0.3 is 5.82 Å². The first kappa shape index (κ1) is 17.1. The van der Waals surface area contributed by atoms with E-state index in [1.165, 1.54) is 6.20 Å². The van der Waals surface area contributed by atoms with Crippen LogP contribution in [-0.2, 0) is 6.54 Å². The second-order valence-corrected chi connectivity index (χ2v) is 6.23. The number of halogens is 2. The van der Waals surface area contributed by atoms with Crippen molar-refractivity contribution in [1.29, 1.82) is 0 Å². The van der Waals surface area contributed by atoms with Crippen molar-refractivity contribution >= 4 is 44.9 Å². The van der Waals surface area contributed by atoms with Gasteiger partial charge in [0.2, 0.25) is 0 Å². The van der Waals surface area contributed by atoms with Crippen molar-refractivity contribution in [3.63, 3.8) is 0 Å². The molecule has 1 aromatic carbocycles. The monoisotopic (exact) mass is 424 g/mol. The van der Waals surface area contributed by atoms with Gasteiger partial charge in [0.1, 0.15) is 4.47 Å². The molecule has 0 saturated carbocycles. The number of nitrogens with one attached hydrogen (secondary N) is 2. The van der Waals surface area contributed by atoms with Crippen LogP contribution in [0.5, 0.6) is 0 Å². The Morgan fingerprint density at radius 1 is 1.48 bits per heavy atom. The minimum atomic E-state index is -0.670. The molecule has 0 spiro atoms. The number of aromatic nitrogens is 4. The normalized spacial score (nSPS) is 10.6. The van der Waals surface area contributed by atoms with E-state index in [2.05, 4.69) is 36.5 Å². The van der Waals surface area contributed by atoms with Gasteiger partial charge in [-0.05, 0) is 38.5 Å². The number of benzene rings is 1. The molecular formula is C14H10BrClN6O3. The molecule has 0 atom stereocenters. The lowest BCUT2D eigenvalue weighted by Crippen LogP contribution is -2.12. The molecule has 11 heteroatoms. The largest absolute Gasteiger partial charge is 0.358 e. The number of nitrogens with zero attached hydrogens (tertiary/aromatic N) is 4. The molecule has 0 aliphatic heterocycles. The van der Waals surface area contributed by atoms with Gasteiger partial charge in [0.05, 0.1) is 18.4 Å². The lowest BCUT2D eigenvalue weighted by Gasteiger charge is -2.02. The van der Waals surface area contributed by atoms with E-state index in [4.69, 9.17) is 11.6 Å². The highest BCUT2D eigenvalue weighted by Gasteiger charge is 2.24. The summed E-state index contributed by atoms with van der Waals surface area (Å²) in [4.78, 5) is 22.3. The first-order valence-electron chi connectivity index (χ1n) is 6.90. The standard InChI is InChI=1S/C14H10BrClN6O3/c15-11-12(19-20-13(11)22(24)25)14(23)18-10-5-17-21(7-10)6-8-2-1-3-9(16)4-8/h1-5,7H,6H2,(H,18,23)(H,19,20). The molecule has 25 heavy (non-hydrogen) atoms. The van der Waals surface area contributed by atoms with Crippen molar-refractivity contribution in [3.05, 3.63) is 67.5 Å². The summed E-state index contributed by atoms with van der Waals surface area (Å²) in [5.74, 6) is -0.986. The molecule has 0 fully saturated rings. The van der Waals surface area contributed by atoms with Crippen molar-refractivity contribution in [2.45, 2.75) is 6.54 Å². The molecule has 128 valence electrons. The molecule has 0 aliphatic carbocycles. The fraction of sp³-hybridized carbons (Fsp3) is 0.0714. The topological polar surface area (TPSA) is 119 Å². The quantitative estimate of drug-likeness (QED) is 0.480. The van der Waals surface area contributed by atoms with Crippen LogP contribution in [-0.4, -0.2) is 30.8 Å². The molecule has 1 amide bonds. The Kier molecular flexibility index (Phi) is 4.81. The molecule has 0 radical (unpaired) electrons. The first-order chi connectivity index (χ1) is 11.9. The summed E-state index contributed by atoms with van der Waals surface area (Å²) in [5.41, 5.74) is 1.28. The number of rotatable bonds is 5. The smallest absolute Gasteiger partial charge is 0.357 e. The third kappa shape index (κ3) is 3.86. The molecule has 0 bridgehead atoms. The number of amides is 1. The van der Waals surface area contributed by atoms with Crippen LogP contribution in [0, 0.1) is 10.1 Å². The Morgan fingerprint density at radius 3 is 2.96 bits per heavy atom. The van der Waals surface area contributed by atoms with Crippen molar-refractivity contribution in [3.8, 4) is 0 Å². The summed E-state index contributed by atoms with van der Waals surface area (Å²) in [5, 5.41) is 24.0. The maximum atomic E-state index is 12.2. The van der Waals surface area contributed by atoms with Gasteiger partial charge in [-0.3, -0.25) is 9.48 Å². The Hall–Kier alpha value is -2.72. The van der Waals surface area contributed by atoms with E-state index in [-0.39, 0.29) is 16.0 Å². The molecule has 0 aliphatic rings.